The molecule has 3 rings (SSSR count). The standard InChI is InChI=1S/C20H17N5O3/c1-3-28-20(27)18(12-21)24-23-14-8-10-15(11-9-14)25-13(2)22-17-7-5-4-6-16(17)19(25)26/h4-11,23H,3H2,1-2H3/b24-18-. The summed E-state index contributed by atoms with van der Waals surface area (Å²) in [6.07, 6.45) is 0. The van der Waals surface area contributed by atoms with Gasteiger partial charge >= 0.3 is 5.97 Å². The molecule has 0 aliphatic carbocycles. The van der Waals surface area contributed by atoms with E-state index < -0.39 is 5.97 Å². The van der Waals surface area contributed by atoms with Gasteiger partial charge in [-0.2, -0.15) is 10.4 Å². The molecule has 140 valence electrons. The predicted molar refractivity (Wildman–Crippen MR) is 105 cm³/mol. The van der Waals surface area contributed by atoms with Gasteiger partial charge in [0, 0.05) is 0 Å². The van der Waals surface area contributed by atoms with E-state index in [0.717, 1.165) is 0 Å². The molecule has 0 bridgehead atoms. The summed E-state index contributed by atoms with van der Waals surface area (Å²) in [5.74, 6) is -0.227. The van der Waals surface area contributed by atoms with Crippen LogP contribution in [0.5, 0.6) is 0 Å². The lowest BCUT2D eigenvalue weighted by atomic mass is 10.2. The number of carbonyl (C=O) groups excluding carboxylic acids is 1. The third-order valence-electron chi connectivity index (χ3n) is 3.94. The molecule has 28 heavy (non-hydrogen) atoms. The maximum absolute atomic E-state index is 12.8. The average Bonchev–Trinajstić information content (AvgIpc) is 2.70. The van der Waals surface area contributed by atoms with E-state index in [9.17, 15) is 9.59 Å². The van der Waals surface area contributed by atoms with Crippen molar-refractivity contribution in [3.8, 4) is 11.8 Å². The minimum atomic E-state index is -0.793. The number of fused-ring (bicyclic) bond motifs is 1. The van der Waals surface area contributed by atoms with Crippen LogP contribution in [0.25, 0.3) is 16.6 Å². The van der Waals surface area contributed by atoms with Crippen LogP contribution < -0.4 is 11.0 Å². The number of nitrogens with one attached hydrogen (secondary N) is 1. The number of rotatable bonds is 5. The maximum Gasteiger partial charge on any atom is 0.369 e. The van der Waals surface area contributed by atoms with Crippen molar-refractivity contribution >= 4 is 28.3 Å². The third-order valence-corrected chi connectivity index (χ3v) is 3.94. The van der Waals surface area contributed by atoms with Crippen LogP contribution >= 0.6 is 0 Å². The molecule has 0 radical (unpaired) electrons. The minimum absolute atomic E-state index is 0.155. The van der Waals surface area contributed by atoms with Crippen LogP contribution in [0.1, 0.15) is 12.7 Å². The molecule has 3 aromatic rings. The van der Waals surface area contributed by atoms with E-state index in [1.165, 1.54) is 4.57 Å². The quantitative estimate of drug-likeness (QED) is 0.417. The lowest BCUT2D eigenvalue weighted by Crippen LogP contribution is -2.22. The number of hydrazone groups is 1. The first-order chi connectivity index (χ1) is 13.5. The molecule has 8 nitrogen and oxygen atoms in total. The molecule has 0 saturated carbocycles. The summed E-state index contributed by atoms with van der Waals surface area (Å²) in [6.45, 7) is 3.57. The number of aryl methyl sites for hydroxylation is 1. The topological polar surface area (TPSA) is 109 Å². The Balaban J connectivity index is 1.90. The molecule has 0 fully saturated rings. The number of hydrogen-bond donors (Lipinski definition) is 1. The van der Waals surface area contributed by atoms with Crippen LogP contribution in [0, 0.1) is 18.3 Å². The Morgan fingerprint density at radius 1 is 1.25 bits per heavy atom. The summed E-state index contributed by atoms with van der Waals surface area (Å²) in [6, 6.07) is 15.7. The van der Waals surface area contributed by atoms with E-state index in [1.807, 2.05) is 6.07 Å². The van der Waals surface area contributed by atoms with Gasteiger partial charge in [-0.3, -0.25) is 14.8 Å². The number of hydrogen-bond acceptors (Lipinski definition) is 7. The molecule has 1 N–H and O–H groups in total. The van der Waals surface area contributed by atoms with Gasteiger partial charge in [-0.1, -0.05) is 12.1 Å². The third kappa shape index (κ3) is 3.73. The maximum atomic E-state index is 12.8. The predicted octanol–water partition coefficient (Wildman–Crippen LogP) is 2.55. The Morgan fingerprint density at radius 2 is 1.96 bits per heavy atom. The van der Waals surface area contributed by atoms with E-state index in [0.29, 0.717) is 28.1 Å². The Kier molecular flexibility index (Phi) is 5.46. The van der Waals surface area contributed by atoms with E-state index in [-0.39, 0.29) is 17.9 Å². The Bertz CT molecular complexity index is 1160. The van der Waals surface area contributed by atoms with E-state index in [2.05, 4.69) is 15.5 Å². The fourth-order valence-corrected chi connectivity index (χ4v) is 2.67. The average molecular weight is 375 g/mol. The fraction of sp³-hybridized carbons (Fsp3) is 0.150. The van der Waals surface area contributed by atoms with Crippen LogP contribution in [0.15, 0.2) is 58.4 Å². The summed E-state index contributed by atoms with van der Waals surface area (Å²) in [7, 11) is 0. The number of nitriles is 1. The molecule has 0 saturated heterocycles. The van der Waals surface area contributed by atoms with Crippen molar-refractivity contribution in [2.24, 2.45) is 5.10 Å². The van der Waals surface area contributed by atoms with Gasteiger partial charge in [0.2, 0.25) is 5.71 Å². The smallest absolute Gasteiger partial charge is 0.369 e. The molecule has 0 aliphatic rings. The summed E-state index contributed by atoms with van der Waals surface area (Å²) < 4.78 is 6.27. The second-order valence-corrected chi connectivity index (χ2v) is 5.77. The van der Waals surface area contributed by atoms with Gasteiger partial charge in [0.15, 0.2) is 0 Å². The zero-order valence-electron chi connectivity index (χ0n) is 15.3. The molecule has 0 amide bonds. The van der Waals surface area contributed by atoms with Crippen LogP contribution in [-0.2, 0) is 9.53 Å². The van der Waals surface area contributed by atoms with E-state index in [4.69, 9.17) is 10.00 Å². The summed E-state index contributed by atoms with van der Waals surface area (Å²) in [5.41, 5.74) is 3.93. The number of para-hydroxylation sites is 1. The molecule has 0 aliphatic heterocycles. The number of nitrogens with zero attached hydrogens (tertiary/aromatic N) is 4. The molecule has 1 aromatic heterocycles. The fourth-order valence-electron chi connectivity index (χ4n) is 2.67. The number of ether oxygens (including phenoxy) is 1. The van der Waals surface area contributed by atoms with Crippen molar-refractivity contribution in [2.75, 3.05) is 12.0 Å². The van der Waals surface area contributed by atoms with Gasteiger partial charge in [0.25, 0.3) is 5.56 Å². The highest BCUT2D eigenvalue weighted by molar-refractivity contribution is 6.43. The zero-order chi connectivity index (χ0) is 20.1. The normalized spacial score (nSPS) is 11.1. The van der Waals surface area contributed by atoms with Gasteiger partial charge in [-0.05, 0) is 50.2 Å². The highest BCUT2D eigenvalue weighted by Crippen LogP contribution is 2.15. The second kappa shape index (κ2) is 8.14. The van der Waals surface area contributed by atoms with Crippen molar-refractivity contribution in [1.82, 2.24) is 9.55 Å². The number of benzene rings is 2. The molecular formula is C20H17N5O3. The lowest BCUT2D eigenvalue weighted by molar-refractivity contribution is -0.134. The highest BCUT2D eigenvalue weighted by atomic mass is 16.5. The summed E-state index contributed by atoms with van der Waals surface area (Å²) >= 11 is 0. The molecular weight excluding hydrogens is 358 g/mol. The molecule has 0 unspecified atom stereocenters. The Hall–Kier alpha value is -3.99. The summed E-state index contributed by atoms with van der Waals surface area (Å²) in [5, 5.41) is 13.3. The Labute approximate surface area is 160 Å². The largest absolute Gasteiger partial charge is 0.461 e. The van der Waals surface area contributed by atoms with Gasteiger partial charge in [-0.25, -0.2) is 9.78 Å². The van der Waals surface area contributed by atoms with Gasteiger partial charge < -0.3 is 4.74 Å². The van der Waals surface area contributed by atoms with Crippen molar-refractivity contribution in [1.29, 1.82) is 5.26 Å². The zero-order valence-corrected chi connectivity index (χ0v) is 15.3. The summed E-state index contributed by atoms with van der Waals surface area (Å²) in [4.78, 5) is 28.9. The molecule has 8 heteroatoms. The van der Waals surface area contributed by atoms with Crippen molar-refractivity contribution in [3.63, 3.8) is 0 Å². The number of carbonyl (C=O) groups is 1. The van der Waals surface area contributed by atoms with Crippen LogP contribution in [0.4, 0.5) is 5.69 Å². The molecule has 0 spiro atoms. The lowest BCUT2D eigenvalue weighted by Gasteiger charge is -2.11. The van der Waals surface area contributed by atoms with E-state index >= 15 is 0 Å². The van der Waals surface area contributed by atoms with Crippen LogP contribution in [0.2, 0.25) is 0 Å². The first-order valence-electron chi connectivity index (χ1n) is 8.55. The molecule has 1 heterocycles. The second-order valence-electron chi connectivity index (χ2n) is 5.77. The highest BCUT2D eigenvalue weighted by Gasteiger charge is 2.12. The van der Waals surface area contributed by atoms with Crippen molar-refractivity contribution in [3.05, 3.63) is 64.7 Å². The van der Waals surface area contributed by atoms with Crippen LogP contribution in [-0.4, -0.2) is 27.8 Å². The van der Waals surface area contributed by atoms with Crippen molar-refractivity contribution in [2.45, 2.75) is 13.8 Å². The molecule has 0 atom stereocenters. The number of esters is 1. The number of anilines is 1. The van der Waals surface area contributed by atoms with Gasteiger partial charge in [-0.15, -0.1) is 0 Å². The van der Waals surface area contributed by atoms with Gasteiger partial charge in [0.05, 0.1) is 28.9 Å². The first kappa shape index (κ1) is 18.8. The SMILES string of the molecule is CCOC(=O)/C(C#N)=N\Nc1ccc(-n2c(C)nc3ccccc3c2=O)cc1. The van der Waals surface area contributed by atoms with E-state index in [1.54, 1.807) is 62.4 Å². The van der Waals surface area contributed by atoms with Crippen molar-refractivity contribution < 1.29 is 9.53 Å². The van der Waals surface area contributed by atoms with Crippen LogP contribution in [0.3, 0.4) is 0 Å². The molecule has 2 aromatic carbocycles. The Morgan fingerprint density at radius 3 is 2.64 bits per heavy atom. The number of aromatic nitrogens is 2. The monoisotopic (exact) mass is 375 g/mol. The van der Waals surface area contributed by atoms with Gasteiger partial charge in [0.1, 0.15) is 11.9 Å². The first-order valence-corrected chi connectivity index (χ1v) is 8.55. The minimum Gasteiger partial charge on any atom is -0.461 e.